The smallest absolute Gasteiger partial charge is 0.331 e. The number of hydrogen-bond donors (Lipinski definition) is 1. The van der Waals surface area contributed by atoms with E-state index in [1.807, 2.05) is 0 Å². The van der Waals surface area contributed by atoms with Gasteiger partial charge in [-0.2, -0.15) is 0 Å². The number of amides is 1. The minimum Gasteiger partial charge on any atom is -0.462 e. The van der Waals surface area contributed by atoms with Crippen molar-refractivity contribution in [2.24, 2.45) is 0 Å². The van der Waals surface area contributed by atoms with Crippen LogP contribution < -0.4 is 5.32 Å². The molecule has 7 nitrogen and oxygen atoms in total. The van der Waals surface area contributed by atoms with Crippen LogP contribution in [0.2, 0.25) is 0 Å². The van der Waals surface area contributed by atoms with Gasteiger partial charge in [-0.3, -0.25) is 4.79 Å². The maximum Gasteiger partial charge on any atom is 0.331 e. The van der Waals surface area contributed by atoms with Crippen LogP contribution in [0.3, 0.4) is 0 Å². The van der Waals surface area contributed by atoms with Crippen LogP contribution in [-0.2, 0) is 24.2 Å². The molecule has 8 heteroatoms. The second-order valence-electron chi connectivity index (χ2n) is 5.06. The first-order valence-electron chi connectivity index (χ1n) is 6.75. The third-order valence-corrected chi connectivity index (χ3v) is 4.86. The third-order valence-electron chi connectivity index (χ3n) is 3.09. The standard InChI is InChI=1S/C14H17NO6S/c1-10-2-3-12(21-10)4-5-14(17)20-8-13(16)15-11-6-7-22(18,19)9-11/h2-5,11H,6-9H2,1H3,(H,15,16). The molecule has 0 saturated carbocycles. The molecule has 0 aromatic carbocycles. The van der Waals surface area contributed by atoms with Gasteiger partial charge in [-0.25, -0.2) is 13.2 Å². The third kappa shape index (κ3) is 5.03. The van der Waals surface area contributed by atoms with Crippen molar-refractivity contribution in [2.75, 3.05) is 18.1 Å². The molecule has 0 aliphatic carbocycles. The van der Waals surface area contributed by atoms with Crippen LogP contribution in [0.15, 0.2) is 22.6 Å². The summed E-state index contributed by atoms with van der Waals surface area (Å²) in [5.41, 5.74) is 0. The molecule has 1 fully saturated rings. The molecule has 1 N–H and O–H groups in total. The van der Waals surface area contributed by atoms with E-state index in [-0.39, 0.29) is 11.5 Å². The number of nitrogens with one attached hydrogen (secondary N) is 1. The summed E-state index contributed by atoms with van der Waals surface area (Å²) in [4.78, 5) is 23.0. The lowest BCUT2D eigenvalue weighted by Crippen LogP contribution is -2.38. The number of carbonyl (C=O) groups excluding carboxylic acids is 2. The van der Waals surface area contributed by atoms with Gasteiger partial charge in [0.05, 0.1) is 11.5 Å². The molecular weight excluding hydrogens is 310 g/mol. The van der Waals surface area contributed by atoms with Gasteiger partial charge in [-0.05, 0) is 31.6 Å². The Bertz CT molecular complexity index is 688. The predicted molar refractivity (Wildman–Crippen MR) is 78.6 cm³/mol. The van der Waals surface area contributed by atoms with Gasteiger partial charge in [-0.15, -0.1) is 0 Å². The highest BCUT2D eigenvalue weighted by Gasteiger charge is 2.28. The van der Waals surface area contributed by atoms with Crippen molar-refractivity contribution in [1.29, 1.82) is 0 Å². The molecule has 1 atom stereocenters. The lowest BCUT2D eigenvalue weighted by Gasteiger charge is -2.10. The monoisotopic (exact) mass is 327 g/mol. The number of hydrogen-bond acceptors (Lipinski definition) is 6. The SMILES string of the molecule is Cc1ccc(C=CC(=O)OCC(=O)NC2CCS(=O)(=O)C2)o1. The number of carbonyl (C=O) groups is 2. The van der Waals surface area contributed by atoms with Crippen LogP contribution in [0.25, 0.3) is 6.08 Å². The zero-order chi connectivity index (χ0) is 16.2. The Morgan fingerprint density at radius 2 is 2.23 bits per heavy atom. The molecule has 0 spiro atoms. The van der Waals surface area contributed by atoms with Gasteiger partial charge in [-0.1, -0.05) is 0 Å². The Hall–Kier alpha value is -2.09. The van der Waals surface area contributed by atoms with Crippen LogP contribution in [0, 0.1) is 6.92 Å². The first kappa shape index (κ1) is 16.3. The highest BCUT2D eigenvalue weighted by Crippen LogP contribution is 2.11. The molecule has 0 bridgehead atoms. The van der Waals surface area contributed by atoms with Crippen molar-refractivity contribution in [2.45, 2.75) is 19.4 Å². The zero-order valence-electron chi connectivity index (χ0n) is 12.1. The molecule has 1 aliphatic heterocycles. The van der Waals surface area contributed by atoms with Gasteiger partial charge in [0.1, 0.15) is 11.5 Å². The van der Waals surface area contributed by atoms with E-state index in [4.69, 9.17) is 9.15 Å². The summed E-state index contributed by atoms with van der Waals surface area (Å²) in [6, 6.07) is 3.05. The molecule has 1 unspecified atom stereocenters. The Morgan fingerprint density at radius 3 is 2.82 bits per heavy atom. The van der Waals surface area contributed by atoms with Crippen molar-refractivity contribution in [1.82, 2.24) is 5.32 Å². The first-order valence-corrected chi connectivity index (χ1v) is 8.57. The predicted octanol–water partition coefficient (Wildman–Crippen LogP) is 0.448. The number of ether oxygens (including phenoxy) is 1. The van der Waals surface area contributed by atoms with Crippen molar-refractivity contribution < 1.29 is 27.2 Å². The lowest BCUT2D eigenvalue weighted by atomic mass is 10.2. The number of aryl methyl sites for hydroxylation is 1. The summed E-state index contributed by atoms with van der Waals surface area (Å²) >= 11 is 0. The maximum atomic E-state index is 11.6. The highest BCUT2D eigenvalue weighted by molar-refractivity contribution is 7.91. The van der Waals surface area contributed by atoms with Crippen molar-refractivity contribution in [3.63, 3.8) is 0 Å². The Morgan fingerprint density at radius 1 is 1.45 bits per heavy atom. The molecule has 2 rings (SSSR count). The topological polar surface area (TPSA) is 103 Å². The molecule has 0 radical (unpaired) electrons. The summed E-state index contributed by atoms with van der Waals surface area (Å²) in [5.74, 6) is 0.0444. The molecule has 1 aromatic rings. The fourth-order valence-corrected chi connectivity index (χ4v) is 3.73. The average molecular weight is 327 g/mol. The van der Waals surface area contributed by atoms with Crippen LogP contribution >= 0.6 is 0 Å². The molecule has 1 aromatic heterocycles. The molecule has 1 saturated heterocycles. The van der Waals surface area contributed by atoms with Gasteiger partial charge in [0.15, 0.2) is 16.4 Å². The Balaban J connectivity index is 1.72. The number of sulfone groups is 1. The Kier molecular flexibility index (Phi) is 5.02. The van der Waals surface area contributed by atoms with E-state index in [0.717, 1.165) is 11.8 Å². The molecule has 1 aliphatic rings. The second kappa shape index (κ2) is 6.78. The number of furan rings is 1. The van der Waals surface area contributed by atoms with Gasteiger partial charge in [0, 0.05) is 12.1 Å². The van der Waals surface area contributed by atoms with E-state index in [2.05, 4.69) is 5.32 Å². The van der Waals surface area contributed by atoms with Gasteiger partial charge >= 0.3 is 5.97 Å². The van der Waals surface area contributed by atoms with E-state index in [0.29, 0.717) is 12.2 Å². The summed E-state index contributed by atoms with van der Waals surface area (Å²) in [7, 11) is -3.05. The van der Waals surface area contributed by atoms with E-state index < -0.39 is 34.4 Å². The second-order valence-corrected chi connectivity index (χ2v) is 7.29. The average Bonchev–Trinajstić information content (AvgIpc) is 3.00. The fourth-order valence-electron chi connectivity index (χ4n) is 2.06. The molecule has 1 amide bonds. The molecular formula is C14H17NO6S. The van der Waals surface area contributed by atoms with E-state index in [9.17, 15) is 18.0 Å². The fraction of sp³-hybridized carbons (Fsp3) is 0.429. The van der Waals surface area contributed by atoms with E-state index >= 15 is 0 Å². The van der Waals surface area contributed by atoms with E-state index in [1.165, 1.54) is 6.08 Å². The van der Waals surface area contributed by atoms with Crippen LogP contribution in [0.1, 0.15) is 17.9 Å². The lowest BCUT2D eigenvalue weighted by molar-refractivity contribution is -0.144. The summed E-state index contributed by atoms with van der Waals surface area (Å²) in [5, 5.41) is 2.53. The summed E-state index contributed by atoms with van der Waals surface area (Å²) in [6.07, 6.45) is 2.99. The molecule has 22 heavy (non-hydrogen) atoms. The minimum atomic E-state index is -3.05. The number of esters is 1. The van der Waals surface area contributed by atoms with Crippen LogP contribution in [0.5, 0.6) is 0 Å². The van der Waals surface area contributed by atoms with Crippen LogP contribution in [-0.4, -0.2) is 44.4 Å². The maximum absolute atomic E-state index is 11.6. The van der Waals surface area contributed by atoms with Crippen LogP contribution in [0.4, 0.5) is 0 Å². The highest BCUT2D eigenvalue weighted by atomic mass is 32.2. The molecule has 2 heterocycles. The number of rotatable bonds is 5. The van der Waals surface area contributed by atoms with Gasteiger partial charge < -0.3 is 14.5 Å². The summed E-state index contributed by atoms with van der Waals surface area (Å²) in [6.45, 7) is 1.33. The van der Waals surface area contributed by atoms with Gasteiger partial charge in [0.2, 0.25) is 0 Å². The first-order chi connectivity index (χ1) is 10.3. The van der Waals surface area contributed by atoms with Crippen molar-refractivity contribution >= 4 is 27.8 Å². The normalized spacial score (nSPS) is 20.1. The zero-order valence-corrected chi connectivity index (χ0v) is 12.9. The largest absolute Gasteiger partial charge is 0.462 e. The van der Waals surface area contributed by atoms with E-state index in [1.54, 1.807) is 19.1 Å². The quantitative estimate of drug-likeness (QED) is 0.622. The summed E-state index contributed by atoms with van der Waals surface area (Å²) < 4.78 is 32.5. The van der Waals surface area contributed by atoms with Crippen molar-refractivity contribution in [3.05, 3.63) is 29.7 Å². The van der Waals surface area contributed by atoms with Crippen molar-refractivity contribution in [3.8, 4) is 0 Å². The molecule has 120 valence electrons. The van der Waals surface area contributed by atoms with Gasteiger partial charge in [0.25, 0.3) is 5.91 Å². The minimum absolute atomic E-state index is 0.0650. The Labute approximate surface area is 128 Å².